The normalized spacial score (nSPS) is 25.1. The zero-order chi connectivity index (χ0) is 13.6. The summed E-state index contributed by atoms with van der Waals surface area (Å²) in [7, 11) is 0. The number of Topliss-reactive ketones (excluding diaryl/α,β-unsaturated/α-hetero) is 1. The van der Waals surface area contributed by atoms with Crippen molar-refractivity contribution in [1.29, 1.82) is 0 Å². The Bertz CT molecular complexity index is 609. The Morgan fingerprint density at radius 2 is 1.84 bits per heavy atom. The van der Waals surface area contributed by atoms with Gasteiger partial charge in [-0.25, -0.2) is 0 Å². The Morgan fingerprint density at radius 3 is 2.42 bits per heavy atom. The van der Waals surface area contributed by atoms with Crippen LogP contribution in [0.4, 0.5) is 0 Å². The standard InChI is InChI=1S/C17H18OS/c1-11-9-13(19-10-11)15-14(16(18)17(15,2)3)12-7-5-4-6-8-12/h4-10,14-15H,1-3H3/t14-,15-/m0/s1. The van der Waals surface area contributed by atoms with E-state index in [1.165, 1.54) is 10.4 Å². The first-order chi connectivity index (χ1) is 9.01. The first kappa shape index (κ1) is 12.6. The lowest BCUT2D eigenvalue weighted by Crippen LogP contribution is -2.50. The average molecular weight is 270 g/mol. The van der Waals surface area contributed by atoms with Gasteiger partial charge >= 0.3 is 0 Å². The molecule has 1 aliphatic rings. The number of carbonyl (C=O) groups is 1. The lowest BCUT2D eigenvalue weighted by atomic mass is 9.52. The third kappa shape index (κ3) is 1.86. The topological polar surface area (TPSA) is 17.1 Å². The molecule has 1 fully saturated rings. The molecule has 2 heteroatoms. The minimum atomic E-state index is -0.238. The number of thiophene rings is 1. The molecule has 0 saturated heterocycles. The Hall–Kier alpha value is -1.41. The van der Waals surface area contributed by atoms with Crippen LogP contribution in [0.2, 0.25) is 0 Å². The van der Waals surface area contributed by atoms with Crippen LogP contribution in [0.3, 0.4) is 0 Å². The van der Waals surface area contributed by atoms with Gasteiger partial charge in [0.15, 0.2) is 0 Å². The van der Waals surface area contributed by atoms with Gasteiger partial charge in [0.1, 0.15) is 5.78 Å². The highest BCUT2D eigenvalue weighted by Gasteiger charge is 2.57. The molecule has 98 valence electrons. The number of rotatable bonds is 2. The monoisotopic (exact) mass is 270 g/mol. The molecule has 1 saturated carbocycles. The van der Waals surface area contributed by atoms with Crippen molar-refractivity contribution in [2.45, 2.75) is 32.6 Å². The predicted molar refractivity (Wildman–Crippen MR) is 79.8 cm³/mol. The van der Waals surface area contributed by atoms with Gasteiger partial charge in [0.2, 0.25) is 0 Å². The molecule has 0 N–H and O–H groups in total. The van der Waals surface area contributed by atoms with Crippen LogP contribution in [0.25, 0.3) is 0 Å². The molecule has 3 rings (SSSR count). The van der Waals surface area contributed by atoms with Crippen molar-refractivity contribution < 1.29 is 4.79 Å². The van der Waals surface area contributed by atoms with Gasteiger partial charge in [-0.3, -0.25) is 4.79 Å². The zero-order valence-corrected chi connectivity index (χ0v) is 12.3. The van der Waals surface area contributed by atoms with Crippen molar-refractivity contribution in [1.82, 2.24) is 0 Å². The van der Waals surface area contributed by atoms with Crippen molar-refractivity contribution in [3.63, 3.8) is 0 Å². The largest absolute Gasteiger partial charge is 0.298 e. The molecule has 0 bridgehead atoms. The molecule has 2 atom stereocenters. The Balaban J connectivity index is 2.02. The SMILES string of the molecule is Cc1csc([C@H]2[C@H](c3ccccc3)C(=O)C2(C)C)c1. The van der Waals surface area contributed by atoms with Gasteiger partial charge in [0.05, 0.1) is 5.92 Å². The van der Waals surface area contributed by atoms with E-state index in [0.717, 1.165) is 5.56 Å². The molecular formula is C17H18OS. The van der Waals surface area contributed by atoms with E-state index in [1.807, 2.05) is 18.2 Å². The van der Waals surface area contributed by atoms with Crippen molar-refractivity contribution in [3.8, 4) is 0 Å². The molecule has 0 radical (unpaired) electrons. The fraction of sp³-hybridized carbons (Fsp3) is 0.353. The fourth-order valence-corrected chi connectivity index (χ4v) is 4.39. The van der Waals surface area contributed by atoms with Crippen molar-refractivity contribution in [3.05, 3.63) is 57.8 Å². The molecule has 1 aromatic heterocycles. The predicted octanol–water partition coefficient (Wildman–Crippen LogP) is 4.53. The Morgan fingerprint density at radius 1 is 1.16 bits per heavy atom. The maximum Gasteiger partial charge on any atom is 0.147 e. The molecule has 0 unspecified atom stereocenters. The molecule has 0 aliphatic heterocycles. The lowest BCUT2D eigenvalue weighted by Gasteiger charge is -2.49. The highest BCUT2D eigenvalue weighted by atomic mass is 32.1. The quantitative estimate of drug-likeness (QED) is 0.783. The Kier molecular flexibility index (Phi) is 2.86. The highest BCUT2D eigenvalue weighted by Crippen LogP contribution is 2.59. The number of carbonyl (C=O) groups excluding carboxylic acids is 1. The third-order valence-corrected chi connectivity index (χ3v) is 5.38. The van der Waals surface area contributed by atoms with Gasteiger partial charge in [-0.1, -0.05) is 44.2 Å². The summed E-state index contributed by atoms with van der Waals surface area (Å²) in [5.41, 5.74) is 2.21. The van der Waals surface area contributed by atoms with Crippen LogP contribution in [0, 0.1) is 12.3 Å². The van der Waals surface area contributed by atoms with Crippen LogP contribution in [-0.2, 0) is 4.79 Å². The number of hydrogen-bond acceptors (Lipinski definition) is 2. The summed E-state index contributed by atoms with van der Waals surface area (Å²) < 4.78 is 0. The highest BCUT2D eigenvalue weighted by molar-refractivity contribution is 7.10. The second-order valence-electron chi connectivity index (χ2n) is 5.98. The number of ketones is 1. The van der Waals surface area contributed by atoms with Crippen LogP contribution in [0.1, 0.15) is 41.7 Å². The van der Waals surface area contributed by atoms with E-state index < -0.39 is 0 Å². The van der Waals surface area contributed by atoms with Crippen molar-refractivity contribution in [2.75, 3.05) is 0 Å². The summed E-state index contributed by atoms with van der Waals surface area (Å²) in [4.78, 5) is 13.8. The number of aryl methyl sites for hydroxylation is 1. The maximum absolute atomic E-state index is 12.5. The molecule has 1 aromatic carbocycles. The molecule has 2 aromatic rings. The van der Waals surface area contributed by atoms with Crippen LogP contribution >= 0.6 is 11.3 Å². The molecule has 1 heterocycles. The maximum atomic E-state index is 12.5. The average Bonchev–Trinajstić information content (AvgIpc) is 2.81. The van der Waals surface area contributed by atoms with Crippen molar-refractivity contribution in [2.24, 2.45) is 5.41 Å². The summed E-state index contributed by atoms with van der Waals surface area (Å²) in [5.74, 6) is 0.727. The molecular weight excluding hydrogens is 252 g/mol. The molecule has 0 amide bonds. The van der Waals surface area contributed by atoms with Crippen LogP contribution in [0.15, 0.2) is 41.8 Å². The van der Waals surface area contributed by atoms with Crippen LogP contribution in [0.5, 0.6) is 0 Å². The summed E-state index contributed by atoms with van der Waals surface area (Å²) >= 11 is 1.78. The lowest BCUT2D eigenvalue weighted by molar-refractivity contribution is -0.141. The fourth-order valence-electron chi connectivity index (χ4n) is 3.17. The first-order valence-electron chi connectivity index (χ1n) is 6.66. The van der Waals surface area contributed by atoms with Gasteiger partial charge in [0, 0.05) is 16.2 Å². The zero-order valence-electron chi connectivity index (χ0n) is 11.5. The molecule has 1 nitrogen and oxygen atoms in total. The number of hydrogen-bond donors (Lipinski definition) is 0. The van der Waals surface area contributed by atoms with E-state index in [1.54, 1.807) is 11.3 Å². The van der Waals surface area contributed by atoms with Gasteiger partial charge in [0.25, 0.3) is 0 Å². The summed E-state index contributed by atoms with van der Waals surface area (Å²) in [6.07, 6.45) is 0. The van der Waals surface area contributed by atoms with Crippen LogP contribution in [-0.4, -0.2) is 5.78 Å². The molecule has 0 spiro atoms. The van der Waals surface area contributed by atoms with E-state index in [0.29, 0.717) is 11.7 Å². The van der Waals surface area contributed by atoms with Crippen LogP contribution < -0.4 is 0 Å². The summed E-state index contributed by atoms with van der Waals surface area (Å²) in [6, 6.07) is 12.4. The van der Waals surface area contributed by atoms with Gasteiger partial charge < -0.3 is 0 Å². The summed E-state index contributed by atoms with van der Waals surface area (Å²) in [5, 5.41) is 2.18. The van der Waals surface area contributed by atoms with E-state index in [9.17, 15) is 4.79 Å². The number of benzene rings is 1. The van der Waals surface area contributed by atoms with Gasteiger partial charge in [-0.15, -0.1) is 11.3 Å². The van der Waals surface area contributed by atoms with Gasteiger partial charge in [-0.05, 0) is 29.5 Å². The van der Waals surface area contributed by atoms with Crippen molar-refractivity contribution >= 4 is 17.1 Å². The first-order valence-corrected chi connectivity index (χ1v) is 7.54. The van der Waals surface area contributed by atoms with E-state index in [-0.39, 0.29) is 11.3 Å². The van der Waals surface area contributed by atoms with Gasteiger partial charge in [-0.2, -0.15) is 0 Å². The molecule has 19 heavy (non-hydrogen) atoms. The smallest absolute Gasteiger partial charge is 0.147 e. The second-order valence-corrected chi connectivity index (χ2v) is 6.92. The minimum absolute atomic E-state index is 0.0363. The third-order valence-electron chi connectivity index (χ3n) is 4.24. The van der Waals surface area contributed by atoms with E-state index in [4.69, 9.17) is 0 Å². The van der Waals surface area contributed by atoms with E-state index >= 15 is 0 Å². The molecule has 1 aliphatic carbocycles. The minimum Gasteiger partial charge on any atom is -0.298 e. The summed E-state index contributed by atoms with van der Waals surface area (Å²) in [6.45, 7) is 6.27. The van der Waals surface area contributed by atoms with E-state index in [2.05, 4.69) is 44.4 Å². The Labute approximate surface area is 118 Å². The second kappa shape index (κ2) is 4.31.